The molecule has 0 bridgehead atoms. The Kier molecular flexibility index (Phi) is 6.43. The van der Waals surface area contributed by atoms with Gasteiger partial charge in [0.05, 0.1) is 26.5 Å². The molecule has 1 atom stereocenters. The molecule has 0 aliphatic carbocycles. The Morgan fingerprint density at radius 2 is 1.97 bits per heavy atom. The molecule has 3 heterocycles. The summed E-state index contributed by atoms with van der Waals surface area (Å²) in [6, 6.07) is 10.3. The van der Waals surface area contributed by atoms with Crippen LogP contribution in [-0.4, -0.2) is 65.3 Å². The molecule has 2 aromatic heterocycles. The lowest BCUT2D eigenvalue weighted by molar-refractivity contribution is 0.0532. The van der Waals surface area contributed by atoms with E-state index in [0.717, 1.165) is 18.4 Å². The second-order valence-electron chi connectivity index (χ2n) is 7.61. The van der Waals surface area contributed by atoms with E-state index in [1.807, 2.05) is 6.07 Å². The maximum Gasteiger partial charge on any atom is 0.272 e. The summed E-state index contributed by atoms with van der Waals surface area (Å²) in [5, 5.41) is 7.15. The van der Waals surface area contributed by atoms with Gasteiger partial charge in [0.15, 0.2) is 0 Å². The number of aromatic amines is 1. The third-order valence-corrected chi connectivity index (χ3v) is 5.44. The van der Waals surface area contributed by atoms with E-state index >= 15 is 0 Å². The maximum atomic E-state index is 13.1. The third kappa shape index (κ3) is 4.89. The van der Waals surface area contributed by atoms with Crippen molar-refractivity contribution >= 4 is 11.8 Å². The number of ether oxygens (including phenoxy) is 3. The van der Waals surface area contributed by atoms with Crippen LogP contribution in [0.25, 0.3) is 11.3 Å². The average Bonchev–Trinajstić information content (AvgIpc) is 3.33. The molecule has 10 heteroatoms. The number of H-pyrrole nitrogens is 1. The summed E-state index contributed by atoms with van der Waals surface area (Å²) in [6.07, 6.45) is 2.83. The second kappa shape index (κ2) is 9.60. The van der Waals surface area contributed by atoms with Crippen LogP contribution in [0.3, 0.4) is 0 Å². The molecule has 0 saturated carbocycles. The van der Waals surface area contributed by atoms with E-state index in [-0.39, 0.29) is 17.7 Å². The summed E-state index contributed by atoms with van der Waals surface area (Å²) < 4.78 is 16.7. The van der Waals surface area contributed by atoms with Crippen LogP contribution in [0.2, 0.25) is 0 Å². The molecule has 33 heavy (non-hydrogen) atoms. The molecule has 3 aromatic rings. The summed E-state index contributed by atoms with van der Waals surface area (Å²) in [5.74, 6) is 0.987. The molecule has 1 aromatic carbocycles. The Morgan fingerprint density at radius 1 is 1.12 bits per heavy atom. The molecule has 10 nitrogen and oxygen atoms in total. The van der Waals surface area contributed by atoms with Crippen LogP contribution in [0.4, 0.5) is 0 Å². The van der Waals surface area contributed by atoms with E-state index in [4.69, 9.17) is 19.9 Å². The number of piperidine rings is 1. The molecule has 0 spiro atoms. The van der Waals surface area contributed by atoms with Gasteiger partial charge in [0, 0.05) is 24.4 Å². The fourth-order valence-corrected chi connectivity index (χ4v) is 3.78. The summed E-state index contributed by atoms with van der Waals surface area (Å²) >= 11 is 0. The number of nitrogens with one attached hydrogen (secondary N) is 1. The van der Waals surface area contributed by atoms with Crippen LogP contribution in [0.15, 0.2) is 42.6 Å². The van der Waals surface area contributed by atoms with Gasteiger partial charge in [-0.2, -0.15) is 5.10 Å². The number of methoxy groups -OCH3 is 2. The van der Waals surface area contributed by atoms with Gasteiger partial charge in [-0.15, -0.1) is 0 Å². The number of carbonyl (C=O) groups is 2. The molecule has 1 unspecified atom stereocenters. The summed E-state index contributed by atoms with van der Waals surface area (Å²) in [6.45, 7) is 1.02. The van der Waals surface area contributed by atoms with Crippen molar-refractivity contribution in [1.29, 1.82) is 0 Å². The molecule has 172 valence electrons. The molecule has 1 saturated heterocycles. The molecule has 0 radical (unpaired) electrons. The van der Waals surface area contributed by atoms with Crippen LogP contribution < -0.4 is 19.9 Å². The molecule has 2 amide bonds. The van der Waals surface area contributed by atoms with Gasteiger partial charge >= 0.3 is 0 Å². The number of likely N-dealkylation sites (tertiary alicyclic amines) is 1. The summed E-state index contributed by atoms with van der Waals surface area (Å²) in [5.41, 5.74) is 7.09. The van der Waals surface area contributed by atoms with E-state index < -0.39 is 5.91 Å². The number of amides is 2. The van der Waals surface area contributed by atoms with Gasteiger partial charge in [-0.05, 0) is 43.2 Å². The number of aromatic nitrogens is 3. The van der Waals surface area contributed by atoms with Gasteiger partial charge in [-0.25, -0.2) is 0 Å². The van der Waals surface area contributed by atoms with Crippen LogP contribution >= 0.6 is 0 Å². The normalized spacial score (nSPS) is 15.7. The van der Waals surface area contributed by atoms with Crippen molar-refractivity contribution in [2.45, 2.75) is 18.9 Å². The van der Waals surface area contributed by atoms with E-state index in [1.165, 1.54) is 12.3 Å². The van der Waals surface area contributed by atoms with E-state index in [9.17, 15) is 9.59 Å². The van der Waals surface area contributed by atoms with Crippen molar-refractivity contribution < 1.29 is 23.8 Å². The summed E-state index contributed by atoms with van der Waals surface area (Å²) in [4.78, 5) is 30.1. The van der Waals surface area contributed by atoms with Crippen molar-refractivity contribution in [2.75, 3.05) is 27.3 Å². The van der Waals surface area contributed by atoms with Crippen molar-refractivity contribution in [1.82, 2.24) is 20.1 Å². The first kappa shape index (κ1) is 22.1. The van der Waals surface area contributed by atoms with Crippen LogP contribution in [0.1, 0.15) is 33.8 Å². The van der Waals surface area contributed by atoms with E-state index in [1.54, 1.807) is 43.4 Å². The average molecular weight is 451 g/mol. The predicted molar refractivity (Wildman–Crippen MR) is 119 cm³/mol. The Labute approximate surface area is 190 Å². The number of pyridine rings is 1. The molecular formula is C23H25N5O5. The fourth-order valence-electron chi connectivity index (χ4n) is 3.78. The lowest BCUT2D eigenvalue weighted by Crippen LogP contribution is -2.44. The Hall–Kier alpha value is -4.08. The Morgan fingerprint density at radius 3 is 2.73 bits per heavy atom. The summed E-state index contributed by atoms with van der Waals surface area (Å²) in [7, 11) is 3.16. The first-order valence-corrected chi connectivity index (χ1v) is 10.5. The topological polar surface area (TPSA) is 133 Å². The third-order valence-electron chi connectivity index (χ3n) is 5.44. The minimum Gasteiger partial charge on any atom is -0.497 e. The first-order chi connectivity index (χ1) is 16.0. The number of nitrogens with zero attached hydrogens (tertiary/aromatic N) is 3. The smallest absolute Gasteiger partial charge is 0.272 e. The Bertz CT molecular complexity index is 1160. The monoisotopic (exact) mass is 451 g/mol. The van der Waals surface area contributed by atoms with Crippen molar-refractivity contribution in [3.63, 3.8) is 0 Å². The van der Waals surface area contributed by atoms with Gasteiger partial charge in [0.25, 0.3) is 11.8 Å². The minimum absolute atomic E-state index is 0.134. The van der Waals surface area contributed by atoms with Crippen LogP contribution in [-0.2, 0) is 0 Å². The highest BCUT2D eigenvalue weighted by atomic mass is 16.5. The van der Waals surface area contributed by atoms with Gasteiger partial charge < -0.3 is 24.8 Å². The van der Waals surface area contributed by atoms with Crippen molar-refractivity contribution in [3.8, 4) is 28.5 Å². The highest BCUT2D eigenvalue weighted by Gasteiger charge is 2.27. The van der Waals surface area contributed by atoms with Crippen LogP contribution in [0, 0.1) is 0 Å². The quantitative estimate of drug-likeness (QED) is 0.563. The molecule has 1 aliphatic rings. The number of nitrogens with two attached hydrogens (primary N) is 1. The highest BCUT2D eigenvalue weighted by Crippen LogP contribution is 2.32. The number of carbonyl (C=O) groups excluding carboxylic acids is 2. The number of hydrogen-bond acceptors (Lipinski definition) is 7. The zero-order valence-electron chi connectivity index (χ0n) is 18.4. The van der Waals surface area contributed by atoms with Crippen molar-refractivity contribution in [2.24, 2.45) is 5.73 Å². The number of benzene rings is 1. The lowest BCUT2D eigenvalue weighted by atomic mass is 10.1. The molecule has 1 aliphatic heterocycles. The first-order valence-electron chi connectivity index (χ1n) is 10.5. The largest absolute Gasteiger partial charge is 0.497 e. The van der Waals surface area contributed by atoms with Gasteiger partial charge in [0.1, 0.15) is 34.7 Å². The maximum absolute atomic E-state index is 13.1. The zero-order valence-corrected chi connectivity index (χ0v) is 18.4. The zero-order chi connectivity index (χ0) is 23.4. The predicted octanol–water partition coefficient (Wildman–Crippen LogP) is 2.27. The number of primary amides is 1. The SMILES string of the molecule is COc1ccc(OC)c(-c2cc(C(=O)N3CCCC(Oc4ccnc(C(N)=O)c4)C3)[nH]n2)c1. The molecule has 1 fully saturated rings. The fraction of sp³-hybridized carbons (Fsp3) is 0.304. The second-order valence-corrected chi connectivity index (χ2v) is 7.61. The van der Waals surface area contributed by atoms with Gasteiger partial charge in [0.2, 0.25) is 0 Å². The van der Waals surface area contributed by atoms with Gasteiger partial charge in [-0.1, -0.05) is 0 Å². The van der Waals surface area contributed by atoms with Crippen LogP contribution in [0.5, 0.6) is 17.2 Å². The van der Waals surface area contributed by atoms with E-state index in [2.05, 4.69) is 15.2 Å². The molecule has 4 rings (SSSR count). The standard InChI is InChI=1S/C23H25N5O5/c1-31-14-5-6-21(32-2)17(10-14)18-12-20(27-26-18)23(30)28-9-3-4-16(13-28)33-15-7-8-25-19(11-15)22(24)29/h5-8,10-12,16H,3-4,9,13H2,1-2H3,(H2,24,29)(H,26,27). The molecular weight excluding hydrogens is 426 g/mol. The number of rotatable bonds is 7. The lowest BCUT2D eigenvalue weighted by Gasteiger charge is -2.32. The van der Waals surface area contributed by atoms with Crippen molar-refractivity contribution in [3.05, 3.63) is 54.0 Å². The number of hydrogen-bond donors (Lipinski definition) is 2. The molecule has 3 N–H and O–H groups in total. The van der Waals surface area contributed by atoms with E-state index in [0.29, 0.717) is 41.7 Å². The highest BCUT2D eigenvalue weighted by molar-refractivity contribution is 5.94. The minimum atomic E-state index is -0.622. The Balaban J connectivity index is 1.47. The van der Waals surface area contributed by atoms with Gasteiger partial charge in [-0.3, -0.25) is 19.7 Å².